The molecule has 0 radical (unpaired) electrons. The van der Waals surface area contributed by atoms with Crippen molar-refractivity contribution < 1.29 is 61.2 Å². The van der Waals surface area contributed by atoms with Crippen molar-refractivity contribution in [2.24, 2.45) is 0 Å². The number of nitrogens with zero attached hydrogens (tertiary/aromatic N) is 7. The number of alkyl halides is 3. The van der Waals surface area contributed by atoms with Gasteiger partial charge >= 0.3 is 25.7 Å². The molecule has 22 heteroatoms. The summed E-state index contributed by atoms with van der Waals surface area (Å²) in [6, 6.07) is 25.1. The van der Waals surface area contributed by atoms with E-state index in [2.05, 4.69) is 73.9 Å². The molecule has 73 heavy (non-hydrogen) atoms. The largest absolute Gasteiger partial charge is 2.00 e. The SMILES string of the molecule is CCCCCCc1ccsc1-c1ccc(-c2ccnc(-c3cc(C(F)(F)F)n[n-]3)c2)s1.O=COc1ccnc(-c2cc(OC=O)cc(-c3cc(-c4sc(-c5cccs5)c5c4OCCO5)ccn3)n2)c1.[N-]=C=S.[Ru+2]. The van der Waals surface area contributed by atoms with Crippen molar-refractivity contribution >= 4 is 75.7 Å². The molecule has 9 aromatic heterocycles. The van der Waals surface area contributed by atoms with Crippen LogP contribution in [0.4, 0.5) is 13.2 Å². The summed E-state index contributed by atoms with van der Waals surface area (Å²) in [5.74, 6) is 2.04. The number of fused-ring (bicyclic) bond motifs is 1. The molecule has 10 rings (SSSR count). The number of thiocarbonyl (C=S) groups is 1. The van der Waals surface area contributed by atoms with E-state index in [4.69, 9.17) is 29.3 Å². The van der Waals surface area contributed by atoms with E-state index >= 15 is 0 Å². The molecular weight excluding hydrogens is 1130 g/mol. The van der Waals surface area contributed by atoms with Crippen LogP contribution >= 0.6 is 57.6 Å². The van der Waals surface area contributed by atoms with Gasteiger partial charge in [-0.05, 0) is 101 Å². The molecule has 0 fully saturated rings. The maximum atomic E-state index is 12.8. The Kier molecular flexibility index (Phi) is 19.2. The quantitative estimate of drug-likeness (QED) is 0.0294. The molecule has 0 aromatic carbocycles. The van der Waals surface area contributed by atoms with Gasteiger partial charge in [-0.2, -0.15) is 18.3 Å². The third-order valence-corrected chi connectivity index (χ3v) is 15.1. The minimum atomic E-state index is -4.51. The summed E-state index contributed by atoms with van der Waals surface area (Å²) >= 11 is 10.4. The van der Waals surface area contributed by atoms with E-state index < -0.39 is 11.9 Å². The fourth-order valence-corrected chi connectivity index (χ4v) is 11.5. The smallest absolute Gasteiger partial charge is 0.753 e. The van der Waals surface area contributed by atoms with Crippen LogP contribution in [0, 0.1) is 0 Å². The van der Waals surface area contributed by atoms with Crippen LogP contribution in [-0.2, 0) is 41.7 Å². The summed E-state index contributed by atoms with van der Waals surface area (Å²) in [4.78, 5) is 46.2. The number of thiophene rings is 4. The Balaban J connectivity index is 0.000000204. The van der Waals surface area contributed by atoms with Crippen molar-refractivity contribution in [3.63, 3.8) is 0 Å². The zero-order valence-corrected chi connectivity index (χ0v) is 44.0. The molecule has 0 saturated carbocycles. The average Bonchev–Trinajstić information content (AvgIpc) is 4.27. The van der Waals surface area contributed by atoms with E-state index in [0.717, 1.165) is 48.9 Å². The molecule has 1 aliphatic rings. The minimum Gasteiger partial charge on any atom is -0.753 e. The summed E-state index contributed by atoms with van der Waals surface area (Å²) in [6.07, 6.45) is 6.30. The van der Waals surface area contributed by atoms with Crippen LogP contribution < -0.4 is 24.0 Å². The van der Waals surface area contributed by atoms with Crippen molar-refractivity contribution in [1.29, 1.82) is 0 Å². The molecule has 0 bridgehead atoms. The zero-order chi connectivity index (χ0) is 50.5. The number of hydrogen-bond acceptors (Lipinski definition) is 16. The van der Waals surface area contributed by atoms with Gasteiger partial charge in [-0.15, -0.1) is 45.3 Å². The van der Waals surface area contributed by atoms with Gasteiger partial charge < -0.3 is 34.6 Å². The summed E-state index contributed by atoms with van der Waals surface area (Å²) in [6.45, 7) is 3.85. The Hall–Kier alpha value is -6.64. The standard InChI is InChI=1S/C27H17N3O6S2.C23H21F3N3S2.CNS.Ru/c31-14-35-17-4-6-29-20(11-17)22-13-18(36-15-32)12-21(30-22)19-10-16(3-5-28-19)26-24-25(34-8-7-33-24)27(38-26)23-2-1-9-37-23;1-2-3-4-5-6-15-10-12-30-22(15)20-8-7-19(31-20)16-9-11-27-17(13-16)18-14-21(29-28-18)23(24,25)26;2-1-3;/h1-6,9-15H,7-8H2;7-14H,2-6H2,1H3;;/q;2*-1;+2. The Morgan fingerprint density at radius 3 is 2.04 bits per heavy atom. The summed E-state index contributed by atoms with van der Waals surface area (Å²) in [5.41, 5.74) is 4.52. The second-order valence-corrected chi connectivity index (χ2v) is 19.4. The van der Waals surface area contributed by atoms with Gasteiger partial charge in [0.2, 0.25) is 0 Å². The normalized spacial score (nSPS) is 11.5. The molecule has 0 spiro atoms. The first-order valence-corrected chi connectivity index (χ1v) is 25.7. The zero-order valence-electron chi connectivity index (χ0n) is 38.2. The maximum absolute atomic E-state index is 12.8. The van der Waals surface area contributed by atoms with Gasteiger partial charge in [-0.25, -0.2) is 4.98 Å². The Bertz CT molecular complexity index is 3320. The van der Waals surface area contributed by atoms with Crippen LogP contribution in [0.2, 0.25) is 0 Å². The maximum Gasteiger partial charge on any atom is 2.00 e. The fourth-order valence-electron chi connectivity index (χ4n) is 7.38. The number of rotatable bonds is 16. The van der Waals surface area contributed by atoms with E-state index in [0.29, 0.717) is 66.1 Å². The Labute approximate surface area is 450 Å². The number of isothiocyanates is 1. The van der Waals surface area contributed by atoms with Crippen LogP contribution in [0.1, 0.15) is 43.9 Å². The molecule has 1 aliphatic heterocycles. The first-order valence-electron chi connectivity index (χ1n) is 21.9. The summed E-state index contributed by atoms with van der Waals surface area (Å²) in [5, 5.41) is 19.5. The molecular formula is C51H38F3N7O6RuS5. The van der Waals surface area contributed by atoms with Gasteiger partial charge in [-0.1, -0.05) is 50.2 Å². The van der Waals surface area contributed by atoms with E-state index in [-0.39, 0.29) is 30.9 Å². The number of aromatic nitrogens is 6. The van der Waals surface area contributed by atoms with Crippen LogP contribution in [0.15, 0.2) is 114 Å². The van der Waals surface area contributed by atoms with Crippen LogP contribution in [-0.4, -0.2) is 56.4 Å². The van der Waals surface area contributed by atoms with Gasteiger partial charge in [0.1, 0.15) is 30.4 Å². The first kappa shape index (κ1) is 54.1. The molecule has 0 saturated heterocycles. The number of halogens is 3. The van der Waals surface area contributed by atoms with Crippen LogP contribution in [0.25, 0.3) is 80.0 Å². The molecule has 10 heterocycles. The molecule has 0 N–H and O–H groups in total. The second kappa shape index (κ2) is 25.8. The third-order valence-electron chi connectivity index (χ3n) is 10.6. The van der Waals surface area contributed by atoms with Gasteiger partial charge in [0.25, 0.3) is 12.9 Å². The second-order valence-electron chi connectivity index (χ2n) is 15.3. The Morgan fingerprint density at radius 2 is 1.36 bits per heavy atom. The van der Waals surface area contributed by atoms with Gasteiger partial charge in [0, 0.05) is 56.3 Å². The van der Waals surface area contributed by atoms with E-state index in [1.54, 1.807) is 88.1 Å². The molecule has 13 nitrogen and oxygen atoms in total. The molecule has 0 amide bonds. The predicted molar refractivity (Wildman–Crippen MR) is 278 cm³/mol. The van der Waals surface area contributed by atoms with E-state index in [1.807, 2.05) is 29.6 Å². The number of pyridine rings is 4. The number of hydrogen-bond donors (Lipinski definition) is 0. The van der Waals surface area contributed by atoms with Crippen LogP contribution in [0.5, 0.6) is 23.0 Å². The van der Waals surface area contributed by atoms with Crippen LogP contribution in [0.3, 0.4) is 0 Å². The van der Waals surface area contributed by atoms with Crippen molar-refractivity contribution in [3.8, 4) is 97.6 Å². The number of ether oxygens (including phenoxy) is 4. The molecule has 372 valence electrons. The fraction of sp³-hybridized carbons (Fsp3) is 0.176. The predicted octanol–water partition coefficient (Wildman–Crippen LogP) is 13.9. The van der Waals surface area contributed by atoms with Crippen molar-refractivity contribution in [3.05, 3.63) is 131 Å². The van der Waals surface area contributed by atoms with E-state index in [1.165, 1.54) is 52.4 Å². The molecule has 0 atom stereocenters. The van der Waals surface area contributed by atoms with Crippen molar-refractivity contribution in [1.82, 2.24) is 30.1 Å². The summed E-state index contributed by atoms with van der Waals surface area (Å²) in [7, 11) is 0. The first-order chi connectivity index (χ1) is 35.1. The van der Waals surface area contributed by atoms with Gasteiger partial charge in [0.15, 0.2) is 11.5 Å². The minimum absolute atomic E-state index is 0. The monoisotopic (exact) mass is 1160 g/mol. The number of unbranched alkanes of at least 4 members (excludes halogenated alkanes) is 3. The number of carbonyl (C=O) groups is 2. The number of carbonyl (C=O) groups excluding carboxylic acids is 2. The summed E-state index contributed by atoms with van der Waals surface area (Å²) < 4.78 is 60.6. The topological polar surface area (TPSA) is 172 Å². The average molecular weight is 1160 g/mol. The Morgan fingerprint density at radius 1 is 0.712 bits per heavy atom. The number of aryl methyl sites for hydroxylation is 1. The molecule has 0 aliphatic carbocycles. The van der Waals surface area contributed by atoms with Crippen molar-refractivity contribution in [2.75, 3.05) is 13.2 Å². The molecule has 9 aromatic rings. The van der Waals surface area contributed by atoms with Gasteiger partial charge in [-0.3, -0.25) is 24.5 Å². The van der Waals surface area contributed by atoms with E-state index in [9.17, 15) is 22.8 Å². The molecule has 0 unspecified atom stereocenters. The van der Waals surface area contributed by atoms with Crippen molar-refractivity contribution in [2.45, 2.75) is 45.2 Å². The van der Waals surface area contributed by atoms with Gasteiger partial charge in [0.05, 0.1) is 38.2 Å². The third kappa shape index (κ3) is 13.5.